The van der Waals surface area contributed by atoms with Gasteiger partial charge in [-0.3, -0.25) is 4.79 Å². The second-order valence-electron chi connectivity index (χ2n) is 7.65. The van der Waals surface area contributed by atoms with Crippen molar-refractivity contribution in [2.45, 2.75) is 19.4 Å². The third kappa shape index (κ3) is 3.82. The van der Waals surface area contributed by atoms with Gasteiger partial charge in [0.15, 0.2) is 6.61 Å². The first kappa shape index (κ1) is 19.1. The maximum atomic E-state index is 13.1. The summed E-state index contributed by atoms with van der Waals surface area (Å²) in [5.74, 6) is 1.18. The molecule has 5 rings (SSSR count). The van der Waals surface area contributed by atoms with Gasteiger partial charge >= 0.3 is 0 Å². The fourth-order valence-corrected chi connectivity index (χ4v) is 3.89. The first-order chi connectivity index (χ1) is 15.2. The van der Waals surface area contributed by atoms with Crippen LogP contribution in [0.2, 0.25) is 0 Å². The molecule has 0 bridgehead atoms. The minimum atomic E-state index is -0.282. The van der Waals surface area contributed by atoms with Gasteiger partial charge in [0.05, 0.1) is 12.0 Å². The van der Waals surface area contributed by atoms with E-state index < -0.39 is 0 Å². The van der Waals surface area contributed by atoms with Crippen molar-refractivity contribution in [3.63, 3.8) is 0 Å². The molecule has 1 aliphatic rings. The maximum absolute atomic E-state index is 13.1. The van der Waals surface area contributed by atoms with Gasteiger partial charge < -0.3 is 9.15 Å². The highest BCUT2D eigenvalue weighted by Crippen LogP contribution is 2.33. The second-order valence-corrected chi connectivity index (χ2v) is 7.65. The second kappa shape index (κ2) is 8.11. The number of rotatable bonds is 5. The highest BCUT2D eigenvalue weighted by atomic mass is 16.5. The number of carbonyl (C=O) groups is 1. The zero-order chi connectivity index (χ0) is 21.2. The molecule has 1 amide bonds. The van der Waals surface area contributed by atoms with Crippen LogP contribution in [0.1, 0.15) is 29.3 Å². The topological polar surface area (TPSA) is 55.0 Å². The van der Waals surface area contributed by atoms with Crippen molar-refractivity contribution in [3.05, 3.63) is 102 Å². The predicted molar refractivity (Wildman–Crippen MR) is 120 cm³/mol. The van der Waals surface area contributed by atoms with Crippen LogP contribution >= 0.6 is 0 Å². The molecule has 4 aromatic rings. The van der Waals surface area contributed by atoms with Gasteiger partial charge in [-0.05, 0) is 36.1 Å². The van der Waals surface area contributed by atoms with Gasteiger partial charge in [-0.25, -0.2) is 5.01 Å². The standard InChI is InChI=1S/C26H22N2O3/c1-18-11-13-20(14-12-18)22-16-23(25-10-5-15-30-25)28(27-22)26(29)17-31-24-9-4-7-19-6-2-3-8-21(19)24/h2-15,23H,16-17H2,1H3/t23-/m1/s1. The Balaban J connectivity index is 1.39. The molecule has 2 heterocycles. The number of amides is 1. The van der Waals surface area contributed by atoms with Crippen LogP contribution in [0.15, 0.2) is 94.6 Å². The lowest BCUT2D eigenvalue weighted by Gasteiger charge is -2.20. The Morgan fingerprint density at radius 1 is 1.03 bits per heavy atom. The number of furan rings is 1. The number of benzene rings is 3. The number of nitrogens with zero attached hydrogens (tertiary/aromatic N) is 2. The zero-order valence-electron chi connectivity index (χ0n) is 17.2. The van der Waals surface area contributed by atoms with Crippen molar-refractivity contribution >= 4 is 22.4 Å². The molecule has 0 unspecified atom stereocenters. The number of ether oxygens (including phenoxy) is 1. The van der Waals surface area contributed by atoms with Crippen molar-refractivity contribution in [2.75, 3.05) is 6.61 Å². The summed E-state index contributed by atoms with van der Waals surface area (Å²) in [5.41, 5.74) is 3.05. The van der Waals surface area contributed by atoms with E-state index in [1.54, 1.807) is 6.26 Å². The van der Waals surface area contributed by atoms with Gasteiger partial charge in [0.1, 0.15) is 17.6 Å². The van der Waals surface area contributed by atoms with Crippen LogP contribution in [-0.4, -0.2) is 23.2 Å². The van der Waals surface area contributed by atoms with Gasteiger partial charge in [0.25, 0.3) is 5.91 Å². The number of hydrogen-bond acceptors (Lipinski definition) is 4. The summed E-state index contributed by atoms with van der Waals surface area (Å²) in [4.78, 5) is 13.1. The van der Waals surface area contributed by atoms with Gasteiger partial charge in [0.2, 0.25) is 0 Å². The van der Waals surface area contributed by atoms with Crippen molar-refractivity contribution in [1.82, 2.24) is 5.01 Å². The van der Waals surface area contributed by atoms with E-state index in [2.05, 4.69) is 5.10 Å². The highest BCUT2D eigenvalue weighted by Gasteiger charge is 2.35. The fourth-order valence-electron chi connectivity index (χ4n) is 3.89. The summed E-state index contributed by atoms with van der Waals surface area (Å²) >= 11 is 0. The minimum absolute atomic E-state index is 0.101. The van der Waals surface area contributed by atoms with Crippen LogP contribution < -0.4 is 4.74 Å². The predicted octanol–water partition coefficient (Wildman–Crippen LogP) is 5.50. The third-order valence-corrected chi connectivity index (χ3v) is 5.52. The van der Waals surface area contributed by atoms with Crippen LogP contribution in [0, 0.1) is 6.92 Å². The number of hydrazone groups is 1. The fraction of sp³-hybridized carbons (Fsp3) is 0.154. The molecule has 154 valence electrons. The first-order valence-electron chi connectivity index (χ1n) is 10.3. The lowest BCUT2D eigenvalue weighted by molar-refractivity contribution is -0.135. The molecular formula is C26H22N2O3. The molecule has 5 nitrogen and oxygen atoms in total. The third-order valence-electron chi connectivity index (χ3n) is 5.52. The maximum Gasteiger partial charge on any atom is 0.281 e. The Bertz CT molecular complexity index is 1240. The Labute approximate surface area is 180 Å². The molecular weight excluding hydrogens is 388 g/mol. The highest BCUT2D eigenvalue weighted by molar-refractivity contribution is 6.03. The van der Waals surface area contributed by atoms with E-state index in [1.807, 2.05) is 85.8 Å². The Hall–Kier alpha value is -3.86. The summed E-state index contributed by atoms with van der Waals surface area (Å²) in [6.45, 7) is 1.95. The van der Waals surface area contributed by atoms with Gasteiger partial charge in [-0.2, -0.15) is 5.10 Å². The molecule has 0 spiro atoms. The number of aryl methyl sites for hydroxylation is 1. The molecule has 1 atom stereocenters. The summed E-state index contributed by atoms with van der Waals surface area (Å²) in [6.07, 6.45) is 2.21. The van der Waals surface area contributed by atoms with Gasteiger partial charge in [-0.1, -0.05) is 66.2 Å². The van der Waals surface area contributed by atoms with E-state index >= 15 is 0 Å². The average molecular weight is 410 g/mol. The number of fused-ring (bicyclic) bond motifs is 1. The Morgan fingerprint density at radius 3 is 2.65 bits per heavy atom. The zero-order valence-corrected chi connectivity index (χ0v) is 17.2. The summed E-state index contributed by atoms with van der Waals surface area (Å²) in [6, 6.07) is 25.4. The van der Waals surface area contributed by atoms with E-state index in [0.29, 0.717) is 17.9 Å². The van der Waals surface area contributed by atoms with Gasteiger partial charge in [0, 0.05) is 11.8 Å². The SMILES string of the molecule is Cc1ccc(C2=NN(C(=O)COc3cccc4ccccc34)[C@@H](c3ccco3)C2)cc1. The molecule has 0 aliphatic carbocycles. The lowest BCUT2D eigenvalue weighted by Crippen LogP contribution is -2.31. The van der Waals surface area contributed by atoms with Crippen LogP contribution in [0.4, 0.5) is 0 Å². The molecule has 0 saturated carbocycles. The molecule has 31 heavy (non-hydrogen) atoms. The van der Waals surface area contributed by atoms with E-state index in [-0.39, 0.29) is 18.6 Å². The molecule has 3 aromatic carbocycles. The lowest BCUT2D eigenvalue weighted by atomic mass is 10.0. The van der Waals surface area contributed by atoms with E-state index in [0.717, 1.165) is 22.0 Å². The molecule has 5 heteroatoms. The van der Waals surface area contributed by atoms with Crippen LogP contribution in [0.5, 0.6) is 5.75 Å². The Kier molecular flexibility index (Phi) is 5.00. The molecule has 1 aromatic heterocycles. The molecule has 1 aliphatic heterocycles. The smallest absolute Gasteiger partial charge is 0.281 e. The monoisotopic (exact) mass is 410 g/mol. The summed E-state index contributed by atoms with van der Waals surface area (Å²) in [5, 5.41) is 8.21. The molecule has 0 radical (unpaired) electrons. The van der Waals surface area contributed by atoms with Gasteiger partial charge in [-0.15, -0.1) is 0 Å². The quantitative estimate of drug-likeness (QED) is 0.437. The average Bonchev–Trinajstić information content (AvgIpc) is 3.48. The van der Waals surface area contributed by atoms with Crippen molar-refractivity contribution in [3.8, 4) is 5.75 Å². The van der Waals surface area contributed by atoms with Crippen LogP contribution in [0.3, 0.4) is 0 Å². The van der Waals surface area contributed by atoms with Crippen molar-refractivity contribution < 1.29 is 13.9 Å². The first-order valence-corrected chi connectivity index (χ1v) is 10.3. The van der Waals surface area contributed by atoms with Crippen LogP contribution in [-0.2, 0) is 4.79 Å². The molecule has 0 saturated heterocycles. The Morgan fingerprint density at radius 2 is 1.84 bits per heavy atom. The normalized spacial score (nSPS) is 15.8. The van der Waals surface area contributed by atoms with E-state index in [1.165, 1.54) is 10.6 Å². The number of carbonyl (C=O) groups excluding carboxylic acids is 1. The van der Waals surface area contributed by atoms with Crippen molar-refractivity contribution in [1.29, 1.82) is 0 Å². The van der Waals surface area contributed by atoms with E-state index in [4.69, 9.17) is 9.15 Å². The minimum Gasteiger partial charge on any atom is -0.483 e. The van der Waals surface area contributed by atoms with Crippen molar-refractivity contribution in [2.24, 2.45) is 5.10 Å². The molecule has 0 N–H and O–H groups in total. The number of hydrogen-bond donors (Lipinski definition) is 0. The van der Waals surface area contributed by atoms with Crippen LogP contribution in [0.25, 0.3) is 10.8 Å². The summed E-state index contributed by atoms with van der Waals surface area (Å²) < 4.78 is 11.5. The largest absolute Gasteiger partial charge is 0.483 e. The molecule has 0 fully saturated rings. The summed E-state index contributed by atoms with van der Waals surface area (Å²) in [7, 11) is 0. The van der Waals surface area contributed by atoms with E-state index in [9.17, 15) is 4.79 Å².